The predicted molar refractivity (Wildman–Crippen MR) is 82.4 cm³/mol. The van der Waals surface area contributed by atoms with Crippen LogP contribution < -0.4 is 0 Å². The van der Waals surface area contributed by atoms with E-state index < -0.39 is 16.0 Å². The number of likely N-dealkylation sites (tertiary alicyclic amines) is 1. The molecule has 0 bridgehead atoms. The summed E-state index contributed by atoms with van der Waals surface area (Å²) in [6.45, 7) is 3.34. The van der Waals surface area contributed by atoms with Gasteiger partial charge in [-0.2, -0.15) is 5.10 Å². The molecule has 2 unspecified atom stereocenters. The average molecular weight is 305 g/mol. The second kappa shape index (κ2) is 5.97. The van der Waals surface area contributed by atoms with Gasteiger partial charge in [0.15, 0.2) is 0 Å². The molecule has 0 radical (unpaired) electrons. The van der Waals surface area contributed by atoms with E-state index in [1.54, 1.807) is 19.2 Å². The van der Waals surface area contributed by atoms with Gasteiger partial charge in [-0.15, -0.1) is 0 Å². The van der Waals surface area contributed by atoms with E-state index in [1.165, 1.54) is 6.42 Å². The Morgan fingerprint density at radius 3 is 2.86 bits per heavy atom. The number of hydrogen-bond donors (Lipinski definition) is 1. The maximum absolute atomic E-state index is 12.6. The van der Waals surface area contributed by atoms with Gasteiger partial charge in [-0.05, 0) is 44.4 Å². The molecule has 6 heteroatoms. The number of H-pyrrole nitrogens is 1. The van der Waals surface area contributed by atoms with Crippen LogP contribution in [0.1, 0.15) is 26.2 Å². The maximum atomic E-state index is 12.6. The molecular formula is C15H19N3O2S. The molecule has 0 saturated carbocycles. The van der Waals surface area contributed by atoms with Crippen molar-refractivity contribution in [3.05, 3.63) is 24.4 Å². The van der Waals surface area contributed by atoms with Gasteiger partial charge in [0.1, 0.15) is 5.25 Å². The third-order valence-electron chi connectivity index (χ3n) is 3.98. The Kier molecular flexibility index (Phi) is 4.05. The minimum Gasteiger partial charge on any atom is -0.342 e. The summed E-state index contributed by atoms with van der Waals surface area (Å²) < 4.78 is 12.6. The Balaban J connectivity index is 1.78. The fourth-order valence-electron chi connectivity index (χ4n) is 2.71. The van der Waals surface area contributed by atoms with E-state index in [0.29, 0.717) is 4.90 Å². The van der Waals surface area contributed by atoms with Gasteiger partial charge in [-0.3, -0.25) is 14.1 Å². The Labute approximate surface area is 126 Å². The zero-order chi connectivity index (χ0) is 14.8. The highest BCUT2D eigenvalue weighted by Gasteiger charge is 2.27. The molecule has 1 amide bonds. The molecule has 1 aliphatic heterocycles. The second-order valence-corrected chi connectivity index (χ2v) is 7.22. The molecule has 1 fully saturated rings. The van der Waals surface area contributed by atoms with E-state index in [0.717, 1.165) is 36.8 Å². The third kappa shape index (κ3) is 2.85. The van der Waals surface area contributed by atoms with Gasteiger partial charge in [0.25, 0.3) is 0 Å². The van der Waals surface area contributed by atoms with Crippen LogP contribution in [0.3, 0.4) is 0 Å². The van der Waals surface area contributed by atoms with Crippen molar-refractivity contribution in [3.63, 3.8) is 0 Å². The molecular weight excluding hydrogens is 286 g/mol. The summed E-state index contributed by atoms with van der Waals surface area (Å²) in [6.07, 6.45) is 4.98. The van der Waals surface area contributed by atoms with Gasteiger partial charge in [0, 0.05) is 23.4 Å². The Morgan fingerprint density at radius 1 is 1.33 bits per heavy atom. The lowest BCUT2D eigenvalue weighted by molar-refractivity contribution is -0.131. The van der Waals surface area contributed by atoms with Gasteiger partial charge < -0.3 is 4.90 Å². The summed E-state index contributed by atoms with van der Waals surface area (Å²) in [7, 11) is -1.33. The minimum atomic E-state index is -1.33. The first kappa shape index (κ1) is 14.3. The first-order valence-corrected chi connectivity index (χ1v) is 8.50. The van der Waals surface area contributed by atoms with Crippen molar-refractivity contribution >= 4 is 27.6 Å². The average Bonchev–Trinajstić information content (AvgIpc) is 3.01. The summed E-state index contributed by atoms with van der Waals surface area (Å²) in [5, 5.41) is 7.23. The van der Waals surface area contributed by atoms with E-state index >= 15 is 0 Å². The molecule has 2 atom stereocenters. The van der Waals surface area contributed by atoms with Crippen molar-refractivity contribution in [1.29, 1.82) is 0 Å². The lowest BCUT2D eigenvalue weighted by atomic mass is 10.1. The molecule has 1 N–H and O–H groups in total. The largest absolute Gasteiger partial charge is 0.342 e. The van der Waals surface area contributed by atoms with Crippen molar-refractivity contribution in [3.8, 4) is 0 Å². The Morgan fingerprint density at radius 2 is 2.10 bits per heavy atom. The highest BCUT2D eigenvalue weighted by Crippen LogP contribution is 2.20. The van der Waals surface area contributed by atoms with Gasteiger partial charge in [0.2, 0.25) is 5.91 Å². The maximum Gasteiger partial charge on any atom is 0.238 e. The van der Waals surface area contributed by atoms with E-state index in [4.69, 9.17) is 0 Å². The number of piperidine rings is 1. The van der Waals surface area contributed by atoms with Crippen LogP contribution in [-0.4, -0.2) is 43.6 Å². The summed E-state index contributed by atoms with van der Waals surface area (Å²) >= 11 is 0. The van der Waals surface area contributed by atoms with Crippen molar-refractivity contribution in [2.75, 3.05) is 13.1 Å². The van der Waals surface area contributed by atoms with E-state index in [2.05, 4.69) is 10.2 Å². The molecule has 2 heterocycles. The Bertz CT molecular complexity index is 676. The molecule has 1 aromatic carbocycles. The first-order valence-electron chi connectivity index (χ1n) is 7.29. The zero-order valence-corrected chi connectivity index (χ0v) is 12.9. The zero-order valence-electron chi connectivity index (χ0n) is 12.0. The van der Waals surface area contributed by atoms with Crippen LogP contribution in [0.25, 0.3) is 10.9 Å². The van der Waals surface area contributed by atoms with E-state index in [1.807, 2.05) is 17.0 Å². The quantitative estimate of drug-likeness (QED) is 0.944. The molecule has 1 aromatic heterocycles. The summed E-state index contributed by atoms with van der Waals surface area (Å²) in [5.74, 6) is 0.000300. The monoisotopic (exact) mass is 305 g/mol. The molecule has 0 spiro atoms. The standard InChI is InChI=1S/C15H19N3O2S/c1-11(15(19)18-7-3-2-4-8-18)21(20)13-5-6-14-12(9-13)10-16-17-14/h5-6,9-11H,2-4,7-8H2,1H3,(H,16,17). The smallest absolute Gasteiger partial charge is 0.238 e. The van der Waals surface area contributed by atoms with Crippen LogP contribution in [0.5, 0.6) is 0 Å². The molecule has 1 aliphatic rings. The number of benzene rings is 1. The van der Waals surface area contributed by atoms with Crippen LogP contribution in [-0.2, 0) is 15.6 Å². The van der Waals surface area contributed by atoms with Crippen LogP contribution in [0, 0.1) is 0 Å². The predicted octanol–water partition coefficient (Wildman–Crippen LogP) is 2.07. The van der Waals surface area contributed by atoms with Crippen molar-refractivity contribution in [2.45, 2.75) is 36.3 Å². The number of aromatic nitrogens is 2. The lowest BCUT2D eigenvalue weighted by Crippen LogP contribution is -2.42. The lowest BCUT2D eigenvalue weighted by Gasteiger charge is -2.28. The molecule has 112 valence electrons. The second-order valence-electron chi connectivity index (χ2n) is 5.44. The summed E-state index contributed by atoms with van der Waals surface area (Å²) in [5.41, 5.74) is 0.908. The number of nitrogens with zero attached hydrogens (tertiary/aromatic N) is 2. The first-order chi connectivity index (χ1) is 10.2. The molecule has 5 nitrogen and oxygen atoms in total. The SMILES string of the molecule is CC(C(=O)N1CCCCC1)S(=O)c1ccc2[nH]ncc2c1. The number of aromatic amines is 1. The van der Waals surface area contributed by atoms with Crippen molar-refractivity contribution in [2.24, 2.45) is 0 Å². The van der Waals surface area contributed by atoms with Crippen LogP contribution in [0.15, 0.2) is 29.3 Å². The highest BCUT2D eigenvalue weighted by atomic mass is 32.2. The third-order valence-corrected chi connectivity index (χ3v) is 5.54. The number of nitrogens with one attached hydrogen (secondary N) is 1. The van der Waals surface area contributed by atoms with Gasteiger partial charge in [-0.25, -0.2) is 0 Å². The van der Waals surface area contributed by atoms with E-state index in [-0.39, 0.29) is 5.91 Å². The highest BCUT2D eigenvalue weighted by molar-refractivity contribution is 7.86. The normalized spacial score (nSPS) is 18.6. The minimum absolute atomic E-state index is 0.000300. The Hall–Kier alpha value is -1.69. The molecule has 1 saturated heterocycles. The van der Waals surface area contributed by atoms with Crippen LogP contribution in [0.4, 0.5) is 0 Å². The van der Waals surface area contributed by atoms with Crippen molar-refractivity contribution < 1.29 is 9.00 Å². The molecule has 3 rings (SSSR count). The number of carbonyl (C=O) groups excluding carboxylic acids is 1. The number of carbonyl (C=O) groups is 1. The van der Waals surface area contributed by atoms with E-state index in [9.17, 15) is 9.00 Å². The van der Waals surface area contributed by atoms with Gasteiger partial charge in [0.05, 0.1) is 22.5 Å². The fraction of sp³-hybridized carbons (Fsp3) is 0.467. The molecule has 2 aromatic rings. The number of fused-ring (bicyclic) bond motifs is 1. The molecule has 0 aliphatic carbocycles. The van der Waals surface area contributed by atoms with Crippen molar-refractivity contribution in [1.82, 2.24) is 15.1 Å². The number of hydrogen-bond acceptors (Lipinski definition) is 3. The molecule has 21 heavy (non-hydrogen) atoms. The van der Waals surface area contributed by atoms with Crippen LogP contribution >= 0.6 is 0 Å². The van der Waals surface area contributed by atoms with Gasteiger partial charge >= 0.3 is 0 Å². The summed E-state index contributed by atoms with van der Waals surface area (Å²) in [4.78, 5) is 15.0. The number of amides is 1. The number of rotatable bonds is 3. The van der Waals surface area contributed by atoms with Crippen LogP contribution in [0.2, 0.25) is 0 Å². The fourth-order valence-corrected chi connectivity index (χ4v) is 3.90. The topological polar surface area (TPSA) is 66.1 Å². The van der Waals surface area contributed by atoms with Gasteiger partial charge in [-0.1, -0.05) is 0 Å². The summed E-state index contributed by atoms with van der Waals surface area (Å²) in [6, 6.07) is 5.50.